The van der Waals surface area contributed by atoms with Gasteiger partial charge in [-0.2, -0.15) is 4.98 Å². The Balaban J connectivity index is 2.16. The summed E-state index contributed by atoms with van der Waals surface area (Å²) in [6.45, 7) is -0.459. The minimum atomic E-state index is -1.33. The number of anilines is 1. The van der Waals surface area contributed by atoms with Gasteiger partial charge in [-0.15, -0.1) is 11.3 Å². The van der Waals surface area contributed by atoms with E-state index < -0.39 is 36.8 Å². The van der Waals surface area contributed by atoms with Crippen molar-refractivity contribution in [2.24, 2.45) is 0 Å². The van der Waals surface area contributed by atoms with Crippen molar-refractivity contribution in [3.05, 3.63) is 21.9 Å². The van der Waals surface area contributed by atoms with Crippen LogP contribution in [-0.2, 0) is 4.74 Å². The number of aliphatic hydroxyl groups excluding tert-OH is 3. The smallest absolute Gasteiger partial charge is 0.352 e. The van der Waals surface area contributed by atoms with Gasteiger partial charge in [0.1, 0.15) is 29.0 Å². The Morgan fingerprint density at radius 2 is 2.20 bits per heavy atom. The highest BCUT2D eigenvalue weighted by molar-refractivity contribution is 7.16. The highest BCUT2D eigenvalue weighted by Gasteiger charge is 2.44. The monoisotopic (exact) mass is 299 g/mol. The molecule has 3 heterocycles. The van der Waals surface area contributed by atoms with Crippen LogP contribution in [0.25, 0.3) is 10.2 Å². The number of hydrogen-bond acceptors (Lipinski definition) is 8. The molecule has 0 unspecified atom stereocenters. The number of rotatable bonds is 2. The molecule has 0 spiro atoms. The van der Waals surface area contributed by atoms with Gasteiger partial charge in [-0.3, -0.25) is 4.57 Å². The molecule has 0 bridgehead atoms. The summed E-state index contributed by atoms with van der Waals surface area (Å²) >= 11 is 1.25. The number of nitrogens with zero attached hydrogens (tertiary/aromatic N) is 2. The van der Waals surface area contributed by atoms with Crippen molar-refractivity contribution in [2.75, 3.05) is 12.3 Å². The molecule has 1 aliphatic heterocycles. The summed E-state index contributed by atoms with van der Waals surface area (Å²) < 4.78 is 6.51. The third kappa shape index (κ3) is 1.83. The molecule has 108 valence electrons. The lowest BCUT2D eigenvalue weighted by Crippen LogP contribution is -2.36. The molecule has 8 nitrogen and oxygen atoms in total. The molecule has 0 aliphatic carbocycles. The number of aliphatic hydroxyl groups is 3. The zero-order valence-corrected chi connectivity index (χ0v) is 11.0. The Kier molecular flexibility index (Phi) is 3.22. The van der Waals surface area contributed by atoms with Crippen LogP contribution in [0, 0.1) is 0 Å². The van der Waals surface area contributed by atoms with E-state index in [4.69, 9.17) is 15.6 Å². The number of nitrogens with two attached hydrogens (primary N) is 1. The number of ether oxygens (including phenoxy) is 1. The van der Waals surface area contributed by atoms with Crippen molar-refractivity contribution in [2.45, 2.75) is 24.5 Å². The van der Waals surface area contributed by atoms with E-state index in [1.165, 1.54) is 11.3 Å². The second-order valence-corrected chi connectivity index (χ2v) is 5.41. The standard InChI is InChI=1S/C11H13N3O5S/c12-8-4-1-2-20-10(4)14(11(18)13-8)9-7(17)6(16)5(3-15)19-9/h1-2,5-7,9,15-17H,3H2,(H2,12,13,18)/t5-,6-,7-,9-/m1/s1. The molecule has 0 aromatic carbocycles. The van der Waals surface area contributed by atoms with Crippen molar-refractivity contribution in [1.29, 1.82) is 0 Å². The van der Waals surface area contributed by atoms with Crippen LogP contribution < -0.4 is 11.4 Å². The first-order valence-electron chi connectivity index (χ1n) is 5.92. The molecule has 2 aromatic rings. The molecule has 0 radical (unpaired) electrons. The Bertz CT molecular complexity index is 699. The molecule has 0 saturated carbocycles. The molecule has 1 saturated heterocycles. The van der Waals surface area contributed by atoms with E-state index in [0.717, 1.165) is 4.57 Å². The molecule has 5 N–H and O–H groups in total. The number of fused-ring (bicyclic) bond motifs is 1. The molecular formula is C11H13N3O5S. The maximum atomic E-state index is 12.0. The van der Waals surface area contributed by atoms with Gasteiger partial charge < -0.3 is 25.8 Å². The minimum absolute atomic E-state index is 0.106. The summed E-state index contributed by atoms with van der Waals surface area (Å²) in [5.41, 5.74) is 5.00. The lowest BCUT2D eigenvalue weighted by Gasteiger charge is -2.18. The van der Waals surface area contributed by atoms with Gasteiger partial charge in [0.25, 0.3) is 0 Å². The van der Waals surface area contributed by atoms with Crippen LogP contribution in [0.3, 0.4) is 0 Å². The van der Waals surface area contributed by atoms with Crippen LogP contribution in [0.2, 0.25) is 0 Å². The fourth-order valence-corrected chi connectivity index (χ4v) is 3.23. The van der Waals surface area contributed by atoms with Gasteiger partial charge in [0.2, 0.25) is 0 Å². The maximum absolute atomic E-state index is 12.0. The Hall–Kier alpha value is -1.52. The van der Waals surface area contributed by atoms with Crippen LogP contribution in [-0.4, -0.2) is 49.8 Å². The summed E-state index contributed by atoms with van der Waals surface area (Å²) in [5.74, 6) is 0.106. The second kappa shape index (κ2) is 4.79. The topological polar surface area (TPSA) is 131 Å². The van der Waals surface area contributed by atoms with E-state index >= 15 is 0 Å². The summed E-state index contributed by atoms with van der Waals surface area (Å²) in [7, 11) is 0. The Morgan fingerprint density at radius 3 is 2.85 bits per heavy atom. The first kappa shape index (κ1) is 13.5. The Morgan fingerprint density at radius 1 is 1.45 bits per heavy atom. The van der Waals surface area contributed by atoms with E-state index in [1.807, 2.05) is 0 Å². The Labute approximate surface area is 116 Å². The van der Waals surface area contributed by atoms with Gasteiger partial charge in [-0.25, -0.2) is 4.79 Å². The second-order valence-electron chi connectivity index (χ2n) is 4.52. The molecule has 2 aromatic heterocycles. The third-order valence-electron chi connectivity index (χ3n) is 3.33. The van der Waals surface area contributed by atoms with Gasteiger partial charge >= 0.3 is 5.69 Å². The van der Waals surface area contributed by atoms with Crippen molar-refractivity contribution in [3.63, 3.8) is 0 Å². The van der Waals surface area contributed by atoms with Crippen LogP contribution in [0.1, 0.15) is 6.23 Å². The van der Waals surface area contributed by atoms with Crippen molar-refractivity contribution in [1.82, 2.24) is 9.55 Å². The molecule has 1 aliphatic rings. The molecule has 9 heteroatoms. The van der Waals surface area contributed by atoms with Crippen LogP contribution >= 0.6 is 11.3 Å². The molecule has 3 rings (SSSR count). The number of thiophene rings is 1. The first-order chi connectivity index (χ1) is 9.54. The molecule has 4 atom stereocenters. The number of nitrogen functional groups attached to an aromatic ring is 1. The lowest BCUT2D eigenvalue weighted by molar-refractivity contribution is -0.0524. The molecule has 0 amide bonds. The van der Waals surface area contributed by atoms with E-state index in [0.29, 0.717) is 10.2 Å². The highest BCUT2D eigenvalue weighted by atomic mass is 32.1. The average Bonchev–Trinajstić information content (AvgIpc) is 2.99. The van der Waals surface area contributed by atoms with Crippen LogP contribution in [0.15, 0.2) is 16.2 Å². The summed E-state index contributed by atoms with van der Waals surface area (Å²) in [4.78, 5) is 16.2. The SMILES string of the molecule is Nc1nc(=O)n([C@@H]2O[C@H](CO)[C@@H](O)[C@H]2O)c2sccc12. The van der Waals surface area contributed by atoms with E-state index in [-0.39, 0.29) is 5.82 Å². The van der Waals surface area contributed by atoms with E-state index in [1.54, 1.807) is 11.4 Å². The molecule has 1 fully saturated rings. The predicted octanol–water partition coefficient (Wildman–Crippen LogP) is -1.35. The van der Waals surface area contributed by atoms with Gasteiger partial charge in [0, 0.05) is 0 Å². The van der Waals surface area contributed by atoms with Crippen molar-refractivity contribution in [3.8, 4) is 0 Å². The fraction of sp³-hybridized carbons (Fsp3) is 0.455. The van der Waals surface area contributed by atoms with Crippen molar-refractivity contribution < 1.29 is 20.1 Å². The fourth-order valence-electron chi connectivity index (χ4n) is 2.30. The third-order valence-corrected chi connectivity index (χ3v) is 4.25. The zero-order chi connectivity index (χ0) is 14.4. The number of hydrogen-bond donors (Lipinski definition) is 4. The van der Waals surface area contributed by atoms with Gasteiger partial charge in [-0.1, -0.05) is 0 Å². The van der Waals surface area contributed by atoms with Gasteiger partial charge in [0.05, 0.1) is 12.0 Å². The van der Waals surface area contributed by atoms with Gasteiger partial charge in [0.15, 0.2) is 6.23 Å². The largest absolute Gasteiger partial charge is 0.394 e. The van der Waals surface area contributed by atoms with Crippen LogP contribution in [0.4, 0.5) is 5.82 Å². The average molecular weight is 299 g/mol. The summed E-state index contributed by atoms with van der Waals surface area (Å²) in [5, 5.41) is 31.2. The predicted molar refractivity (Wildman–Crippen MR) is 71.3 cm³/mol. The van der Waals surface area contributed by atoms with Gasteiger partial charge in [-0.05, 0) is 11.4 Å². The molecule has 20 heavy (non-hydrogen) atoms. The molecular weight excluding hydrogens is 286 g/mol. The zero-order valence-electron chi connectivity index (χ0n) is 10.2. The quantitative estimate of drug-likeness (QED) is 0.539. The van der Waals surface area contributed by atoms with Crippen LogP contribution in [0.5, 0.6) is 0 Å². The minimum Gasteiger partial charge on any atom is -0.394 e. The first-order valence-corrected chi connectivity index (χ1v) is 6.80. The lowest BCUT2D eigenvalue weighted by atomic mass is 10.1. The summed E-state index contributed by atoms with van der Waals surface area (Å²) in [6, 6.07) is 1.71. The van der Waals surface area contributed by atoms with E-state index in [9.17, 15) is 15.0 Å². The number of aromatic nitrogens is 2. The van der Waals surface area contributed by atoms with E-state index in [2.05, 4.69) is 4.98 Å². The highest BCUT2D eigenvalue weighted by Crippen LogP contribution is 2.32. The maximum Gasteiger partial charge on any atom is 0.352 e. The normalized spacial score (nSPS) is 30.1. The van der Waals surface area contributed by atoms with Crippen molar-refractivity contribution >= 4 is 27.4 Å². The summed E-state index contributed by atoms with van der Waals surface area (Å²) in [6.07, 6.45) is -4.66.